The minimum atomic E-state index is -3.88. The second-order valence-electron chi connectivity index (χ2n) is 3.21. The summed E-state index contributed by atoms with van der Waals surface area (Å²) < 4.78 is 22.2. The Morgan fingerprint density at radius 3 is 2.26 bits per heavy atom. The number of Topliss-reactive ketones (excluding diaryl/α,β-unsaturated/α-hetero) is 1. The first-order chi connectivity index (χ1) is 8.70. The highest BCUT2D eigenvalue weighted by Crippen LogP contribution is 2.41. The van der Waals surface area contributed by atoms with Gasteiger partial charge in [0.05, 0.1) is 12.2 Å². The van der Waals surface area contributed by atoms with Crippen molar-refractivity contribution in [2.75, 3.05) is 6.61 Å². The van der Waals surface area contributed by atoms with E-state index in [1.165, 1.54) is 0 Å². The maximum absolute atomic E-state index is 11.9. The molecule has 19 heavy (non-hydrogen) atoms. The Kier molecular flexibility index (Phi) is 6.01. The van der Waals surface area contributed by atoms with Crippen molar-refractivity contribution in [1.29, 1.82) is 0 Å². The second kappa shape index (κ2) is 6.68. The van der Waals surface area contributed by atoms with Crippen molar-refractivity contribution in [3.05, 3.63) is 18.0 Å². The van der Waals surface area contributed by atoms with E-state index in [1.807, 2.05) is 0 Å². The Morgan fingerprint density at radius 1 is 1.32 bits per heavy atom. The van der Waals surface area contributed by atoms with Crippen LogP contribution in [0.15, 0.2) is 17.6 Å². The zero-order valence-electron chi connectivity index (χ0n) is 9.09. The van der Waals surface area contributed by atoms with Crippen LogP contribution in [0, 0.1) is 0 Å². The predicted octanol–water partition coefficient (Wildman–Crippen LogP) is 2.11. The maximum atomic E-state index is 11.9. The van der Waals surface area contributed by atoms with Crippen molar-refractivity contribution in [2.45, 2.75) is 13.1 Å². The molecule has 0 atom stereocenters. The minimum Gasteiger partial charge on any atom is -0.294 e. The van der Waals surface area contributed by atoms with Gasteiger partial charge in [-0.05, 0) is 47.8 Å². The van der Waals surface area contributed by atoms with Gasteiger partial charge >= 0.3 is 0 Å². The smallest absolute Gasteiger partial charge is 0.250 e. The van der Waals surface area contributed by atoms with Crippen LogP contribution in [0.2, 0.25) is 0 Å². The fourth-order valence-corrected chi connectivity index (χ4v) is 2.88. The topological polar surface area (TPSA) is 106 Å². The number of ketones is 1. The molecule has 7 nitrogen and oxygen atoms in total. The highest BCUT2D eigenvalue weighted by molar-refractivity contribution is 9.42. The van der Waals surface area contributed by atoms with Crippen molar-refractivity contribution in [3.63, 3.8) is 0 Å². The highest BCUT2D eigenvalue weighted by atomic mass is 80.0. The van der Waals surface area contributed by atoms with Crippen LogP contribution in [0.1, 0.15) is 16.8 Å². The Balaban J connectivity index is 2.98. The number of carbonyl (C=O) groups is 1. The molecule has 0 bridgehead atoms. The summed E-state index contributed by atoms with van der Waals surface area (Å²) in [7, 11) is -3.88. The lowest BCUT2D eigenvalue weighted by Crippen LogP contribution is -2.20. The summed E-state index contributed by atoms with van der Waals surface area (Å²) in [5.74, 6) is -0.374. The van der Waals surface area contributed by atoms with Crippen molar-refractivity contribution in [2.24, 2.45) is 0 Å². The molecule has 1 aromatic heterocycles. The van der Waals surface area contributed by atoms with E-state index in [4.69, 9.17) is 5.26 Å². The number of hydrogen-bond donors (Lipinski definition) is 1. The van der Waals surface area contributed by atoms with Crippen LogP contribution in [-0.4, -0.2) is 37.5 Å². The number of aromatic nitrogens is 2. The van der Waals surface area contributed by atoms with E-state index in [1.54, 1.807) is 0 Å². The Bertz CT molecular complexity index is 555. The first-order valence-electron chi connectivity index (χ1n) is 4.63. The van der Waals surface area contributed by atoms with E-state index < -0.39 is 16.5 Å². The number of carbonyl (C=O) groups excluding carboxylic acids is 1. The Morgan fingerprint density at radius 2 is 1.84 bits per heavy atom. The zero-order chi connectivity index (χ0) is 14.7. The summed E-state index contributed by atoms with van der Waals surface area (Å²) in [5, 5.41) is 7.67. The molecule has 0 spiro atoms. The van der Waals surface area contributed by atoms with Crippen LogP contribution in [-0.2, 0) is 14.7 Å². The molecule has 0 aliphatic rings. The van der Waals surface area contributed by atoms with E-state index in [0.717, 1.165) is 12.4 Å². The monoisotopic (exact) mass is 480 g/mol. The molecule has 0 amide bonds. The quantitative estimate of drug-likeness (QED) is 0.225. The molecule has 1 aromatic rings. The summed E-state index contributed by atoms with van der Waals surface area (Å²) in [6.07, 6.45) is 2.13. The summed E-state index contributed by atoms with van der Waals surface area (Å²) in [4.78, 5) is 22.6. The highest BCUT2D eigenvalue weighted by Gasteiger charge is 2.39. The van der Waals surface area contributed by atoms with Gasteiger partial charge in [-0.3, -0.25) is 10.1 Å². The first-order valence-corrected chi connectivity index (χ1v) is 8.49. The van der Waals surface area contributed by atoms with Crippen LogP contribution < -0.4 is 0 Å². The average Bonchev–Trinajstić information content (AvgIpc) is 2.34. The van der Waals surface area contributed by atoms with Crippen LogP contribution in [0.5, 0.6) is 0 Å². The van der Waals surface area contributed by atoms with Crippen LogP contribution >= 0.6 is 47.8 Å². The van der Waals surface area contributed by atoms with Crippen LogP contribution in [0.4, 0.5) is 0 Å². The normalized spacial score (nSPS) is 12.4. The fourth-order valence-electron chi connectivity index (χ4n) is 0.985. The van der Waals surface area contributed by atoms with E-state index >= 15 is 0 Å². The maximum Gasteiger partial charge on any atom is 0.250 e. The minimum absolute atomic E-state index is 0.0643. The standard InChI is InChI=1S/C8H7Br3N2O5S/c9-8(10,11)19(16,17)7-12-3-5(4-13-7)6(14)1-2-18-15/h3-4,15H,1-2H2. The third-order valence-corrected chi connectivity index (χ3v) is 7.05. The number of rotatable bonds is 5. The Hall–Kier alpha value is 0.0600. The largest absolute Gasteiger partial charge is 0.294 e. The zero-order valence-corrected chi connectivity index (χ0v) is 14.7. The van der Waals surface area contributed by atoms with Gasteiger partial charge < -0.3 is 0 Å². The number of halogens is 3. The van der Waals surface area contributed by atoms with Crippen LogP contribution in [0.3, 0.4) is 0 Å². The summed E-state index contributed by atoms with van der Waals surface area (Å²) >= 11 is 8.62. The molecule has 0 saturated carbocycles. The summed E-state index contributed by atoms with van der Waals surface area (Å²) in [6.45, 7) is -0.161. The van der Waals surface area contributed by atoms with Gasteiger partial charge in [-0.1, -0.05) is 0 Å². The molecule has 0 aliphatic heterocycles. The third kappa shape index (κ3) is 4.26. The van der Waals surface area contributed by atoms with Gasteiger partial charge in [-0.25, -0.2) is 23.3 Å². The molecule has 0 aromatic carbocycles. The molecule has 11 heteroatoms. The molecule has 0 saturated heterocycles. The third-order valence-electron chi connectivity index (χ3n) is 1.92. The first kappa shape index (κ1) is 17.1. The summed E-state index contributed by atoms with van der Waals surface area (Å²) in [6, 6.07) is 0. The molecule has 1 N–H and O–H groups in total. The molecule has 0 unspecified atom stereocenters. The molecule has 1 rings (SSSR count). The lowest BCUT2D eigenvalue weighted by atomic mass is 10.2. The van der Waals surface area contributed by atoms with Crippen molar-refractivity contribution >= 4 is 63.4 Å². The van der Waals surface area contributed by atoms with Gasteiger partial charge in [-0.2, -0.15) is 0 Å². The van der Waals surface area contributed by atoms with E-state index in [-0.39, 0.29) is 24.4 Å². The van der Waals surface area contributed by atoms with Gasteiger partial charge in [0.2, 0.25) is 16.5 Å². The number of sulfone groups is 1. The van der Waals surface area contributed by atoms with Gasteiger partial charge in [0.1, 0.15) is 0 Å². The molecule has 0 aliphatic carbocycles. The van der Waals surface area contributed by atoms with Gasteiger partial charge in [0.25, 0.3) is 0 Å². The van der Waals surface area contributed by atoms with Crippen molar-refractivity contribution in [3.8, 4) is 0 Å². The predicted molar refractivity (Wildman–Crippen MR) is 76.3 cm³/mol. The summed E-state index contributed by atoms with van der Waals surface area (Å²) in [5.41, 5.74) is 0.125. The van der Waals surface area contributed by atoms with Gasteiger partial charge in [0.15, 0.2) is 5.78 Å². The molecular formula is C8H7Br3N2O5S. The van der Waals surface area contributed by atoms with Gasteiger partial charge in [0, 0.05) is 18.8 Å². The molecule has 1 heterocycles. The lowest BCUT2D eigenvalue weighted by molar-refractivity contribution is -0.240. The van der Waals surface area contributed by atoms with E-state index in [2.05, 4.69) is 62.6 Å². The number of nitrogens with zero attached hydrogens (tertiary/aromatic N) is 2. The molecule has 106 valence electrons. The van der Waals surface area contributed by atoms with Crippen molar-refractivity contribution < 1.29 is 23.4 Å². The average molecular weight is 483 g/mol. The second-order valence-corrected chi connectivity index (χ2v) is 13.5. The number of hydrogen-bond acceptors (Lipinski definition) is 7. The molecule has 0 fully saturated rings. The Labute approximate surface area is 134 Å². The lowest BCUT2D eigenvalue weighted by Gasteiger charge is -2.11. The van der Waals surface area contributed by atoms with Crippen LogP contribution in [0.25, 0.3) is 0 Å². The molecular weight excluding hydrogens is 476 g/mol. The van der Waals surface area contributed by atoms with E-state index in [0.29, 0.717) is 0 Å². The van der Waals surface area contributed by atoms with Gasteiger partial charge in [-0.15, -0.1) is 0 Å². The van der Waals surface area contributed by atoms with E-state index in [9.17, 15) is 13.2 Å². The fraction of sp³-hybridized carbons (Fsp3) is 0.375. The number of alkyl halides is 3. The molecule has 0 radical (unpaired) electrons. The van der Waals surface area contributed by atoms with Crippen molar-refractivity contribution in [1.82, 2.24) is 9.97 Å². The SMILES string of the molecule is O=C(CCOO)c1cnc(S(=O)(=O)C(Br)(Br)Br)nc1.